The number of benzene rings is 1. The van der Waals surface area contributed by atoms with Crippen molar-refractivity contribution in [2.75, 3.05) is 20.7 Å². The lowest BCUT2D eigenvalue weighted by atomic mass is 10.0. The maximum atomic E-state index is 11.6. The summed E-state index contributed by atoms with van der Waals surface area (Å²) in [5.41, 5.74) is 0.693. The van der Waals surface area contributed by atoms with Gasteiger partial charge in [0, 0.05) is 5.56 Å². The molecule has 4 heteroatoms. The molecule has 0 saturated heterocycles. The summed E-state index contributed by atoms with van der Waals surface area (Å²) in [5, 5.41) is 2.75. The molecule has 0 aliphatic heterocycles. The number of rotatable bonds is 4. The van der Waals surface area contributed by atoms with Gasteiger partial charge in [-0.05, 0) is 13.1 Å². The smallest absolute Gasteiger partial charge is 0.338 e. The van der Waals surface area contributed by atoms with Crippen molar-refractivity contribution in [2.24, 2.45) is 0 Å². The highest BCUT2D eigenvalue weighted by Gasteiger charge is 2.15. The average Bonchev–Trinajstić information content (AvgIpc) is 2.28. The first-order valence-corrected chi connectivity index (χ1v) is 4.56. The van der Waals surface area contributed by atoms with Crippen LogP contribution in [0.3, 0.4) is 0 Å². The molecule has 0 aliphatic carbocycles. The van der Waals surface area contributed by atoms with Crippen molar-refractivity contribution in [3.8, 4) is 0 Å². The Morgan fingerprint density at radius 1 is 1.27 bits per heavy atom. The zero-order valence-corrected chi connectivity index (χ0v) is 8.74. The minimum Gasteiger partial charge on any atom is -0.465 e. The van der Waals surface area contributed by atoms with Gasteiger partial charge >= 0.3 is 5.97 Å². The minimum absolute atomic E-state index is 0.126. The van der Waals surface area contributed by atoms with Gasteiger partial charge in [0.2, 0.25) is 0 Å². The van der Waals surface area contributed by atoms with Gasteiger partial charge in [-0.25, -0.2) is 4.79 Å². The Hall–Kier alpha value is -1.68. The fourth-order valence-corrected chi connectivity index (χ4v) is 1.27. The second kappa shape index (κ2) is 5.26. The quantitative estimate of drug-likeness (QED) is 0.588. The first kappa shape index (κ1) is 11.4. The Morgan fingerprint density at radius 2 is 1.87 bits per heavy atom. The molecule has 0 unspecified atom stereocenters. The molecule has 1 aromatic carbocycles. The summed E-state index contributed by atoms with van der Waals surface area (Å²) in [7, 11) is 2.97. The van der Waals surface area contributed by atoms with Crippen LogP contribution in [0.15, 0.2) is 24.3 Å². The molecule has 1 rings (SSSR count). The summed E-state index contributed by atoms with van der Waals surface area (Å²) < 4.78 is 4.59. The zero-order valence-electron chi connectivity index (χ0n) is 8.74. The van der Waals surface area contributed by atoms with Crippen LogP contribution in [-0.2, 0) is 4.74 Å². The van der Waals surface area contributed by atoms with Crippen LogP contribution in [0.4, 0.5) is 0 Å². The molecule has 0 aliphatic rings. The van der Waals surface area contributed by atoms with Gasteiger partial charge < -0.3 is 10.1 Å². The molecule has 15 heavy (non-hydrogen) atoms. The van der Waals surface area contributed by atoms with Crippen LogP contribution >= 0.6 is 0 Å². The topological polar surface area (TPSA) is 55.4 Å². The fourth-order valence-electron chi connectivity index (χ4n) is 1.27. The molecule has 0 fully saturated rings. The summed E-state index contributed by atoms with van der Waals surface area (Å²) in [6, 6.07) is 6.61. The molecule has 0 amide bonds. The lowest BCUT2D eigenvalue weighted by Crippen LogP contribution is -2.21. The van der Waals surface area contributed by atoms with E-state index in [0.717, 1.165) is 0 Å². The average molecular weight is 207 g/mol. The van der Waals surface area contributed by atoms with Crippen LogP contribution in [0.2, 0.25) is 0 Å². The van der Waals surface area contributed by atoms with Gasteiger partial charge in [0.15, 0.2) is 5.78 Å². The molecule has 0 radical (unpaired) electrons. The van der Waals surface area contributed by atoms with E-state index in [-0.39, 0.29) is 12.3 Å². The largest absolute Gasteiger partial charge is 0.465 e. The highest BCUT2D eigenvalue weighted by atomic mass is 16.5. The van der Waals surface area contributed by atoms with Gasteiger partial charge in [0.25, 0.3) is 0 Å². The maximum absolute atomic E-state index is 11.6. The van der Waals surface area contributed by atoms with Crippen molar-refractivity contribution in [2.45, 2.75) is 0 Å². The second-order valence-electron chi connectivity index (χ2n) is 2.99. The number of esters is 1. The summed E-state index contributed by atoms with van der Waals surface area (Å²) >= 11 is 0. The van der Waals surface area contributed by atoms with E-state index in [1.54, 1.807) is 31.3 Å². The van der Waals surface area contributed by atoms with Crippen molar-refractivity contribution in [3.63, 3.8) is 0 Å². The third-order valence-electron chi connectivity index (χ3n) is 1.97. The lowest BCUT2D eigenvalue weighted by molar-refractivity contribution is 0.0597. The summed E-state index contributed by atoms with van der Waals surface area (Å²) in [6.45, 7) is 0.202. The molecule has 0 bridgehead atoms. The first-order chi connectivity index (χ1) is 7.20. The molecule has 80 valence electrons. The van der Waals surface area contributed by atoms with E-state index in [9.17, 15) is 9.59 Å². The zero-order chi connectivity index (χ0) is 11.3. The van der Waals surface area contributed by atoms with Crippen LogP contribution in [0.1, 0.15) is 20.7 Å². The Kier molecular flexibility index (Phi) is 4.00. The van der Waals surface area contributed by atoms with Crippen molar-refractivity contribution in [3.05, 3.63) is 35.4 Å². The molecule has 0 saturated carbocycles. The van der Waals surface area contributed by atoms with E-state index in [1.807, 2.05) is 0 Å². The molecule has 4 nitrogen and oxygen atoms in total. The highest BCUT2D eigenvalue weighted by molar-refractivity contribution is 6.07. The number of carbonyl (C=O) groups is 2. The normalized spacial score (nSPS) is 9.73. The molecular weight excluding hydrogens is 194 g/mol. The van der Waals surface area contributed by atoms with Gasteiger partial charge in [-0.2, -0.15) is 0 Å². The third kappa shape index (κ3) is 2.63. The molecule has 1 N–H and O–H groups in total. The molecule has 0 atom stereocenters. The van der Waals surface area contributed by atoms with Crippen molar-refractivity contribution in [1.29, 1.82) is 0 Å². The minimum atomic E-state index is -0.491. The van der Waals surface area contributed by atoms with Crippen molar-refractivity contribution < 1.29 is 14.3 Å². The SMILES string of the molecule is CNCC(=O)c1ccccc1C(=O)OC. The van der Waals surface area contributed by atoms with Crippen LogP contribution < -0.4 is 5.32 Å². The van der Waals surface area contributed by atoms with Gasteiger partial charge in [-0.3, -0.25) is 4.79 Å². The van der Waals surface area contributed by atoms with Crippen molar-refractivity contribution >= 4 is 11.8 Å². The molecule has 0 aromatic heterocycles. The number of hydrogen-bond donors (Lipinski definition) is 1. The van der Waals surface area contributed by atoms with Crippen LogP contribution in [0.25, 0.3) is 0 Å². The fraction of sp³-hybridized carbons (Fsp3) is 0.273. The molecule has 1 aromatic rings. The molecule has 0 heterocycles. The number of Topliss-reactive ketones (excluding diaryl/α,β-unsaturated/α-hetero) is 1. The summed E-state index contributed by atoms with van der Waals surface area (Å²) in [4.78, 5) is 23.0. The van der Waals surface area contributed by atoms with Crippen LogP contribution in [-0.4, -0.2) is 32.5 Å². The number of methoxy groups -OCH3 is 1. The number of nitrogens with one attached hydrogen (secondary N) is 1. The highest BCUT2D eigenvalue weighted by Crippen LogP contribution is 2.10. The van der Waals surface area contributed by atoms with Gasteiger partial charge in [-0.1, -0.05) is 18.2 Å². The van der Waals surface area contributed by atoms with E-state index < -0.39 is 5.97 Å². The number of ether oxygens (including phenoxy) is 1. The Morgan fingerprint density at radius 3 is 2.40 bits per heavy atom. The number of likely N-dealkylation sites (N-methyl/N-ethyl adjacent to an activating group) is 1. The standard InChI is InChI=1S/C11H13NO3/c1-12-7-10(13)8-5-3-4-6-9(8)11(14)15-2/h3-6,12H,7H2,1-2H3. The first-order valence-electron chi connectivity index (χ1n) is 4.56. The van der Waals surface area contributed by atoms with Crippen LogP contribution in [0, 0.1) is 0 Å². The van der Waals surface area contributed by atoms with Gasteiger partial charge in [0.1, 0.15) is 0 Å². The van der Waals surface area contributed by atoms with E-state index in [1.165, 1.54) is 7.11 Å². The molecular formula is C11H13NO3. The third-order valence-corrected chi connectivity index (χ3v) is 1.97. The van der Waals surface area contributed by atoms with E-state index in [4.69, 9.17) is 0 Å². The maximum Gasteiger partial charge on any atom is 0.338 e. The van der Waals surface area contributed by atoms with Crippen molar-refractivity contribution in [1.82, 2.24) is 5.32 Å². The number of hydrogen-bond acceptors (Lipinski definition) is 4. The Bertz CT molecular complexity index is 374. The van der Waals surface area contributed by atoms with Crippen LogP contribution in [0.5, 0.6) is 0 Å². The van der Waals surface area contributed by atoms with Gasteiger partial charge in [-0.15, -0.1) is 0 Å². The number of carbonyl (C=O) groups excluding carboxylic acids is 2. The summed E-state index contributed by atoms with van der Waals surface area (Å²) in [5.74, 6) is -0.617. The number of ketones is 1. The summed E-state index contributed by atoms with van der Waals surface area (Å²) in [6.07, 6.45) is 0. The Labute approximate surface area is 88.2 Å². The second-order valence-corrected chi connectivity index (χ2v) is 2.99. The predicted octanol–water partition coefficient (Wildman–Crippen LogP) is 0.875. The van der Waals surface area contributed by atoms with E-state index in [2.05, 4.69) is 10.1 Å². The lowest BCUT2D eigenvalue weighted by Gasteiger charge is -2.05. The monoisotopic (exact) mass is 207 g/mol. The predicted molar refractivity (Wildman–Crippen MR) is 56.0 cm³/mol. The van der Waals surface area contributed by atoms with Gasteiger partial charge in [0.05, 0.1) is 19.2 Å². The Balaban J connectivity index is 3.06. The van der Waals surface area contributed by atoms with E-state index in [0.29, 0.717) is 11.1 Å². The van der Waals surface area contributed by atoms with E-state index >= 15 is 0 Å². The molecule has 0 spiro atoms.